The molecule has 1 fully saturated rings. The zero-order chi connectivity index (χ0) is 18.0. The molecule has 0 spiro atoms. The van der Waals surface area contributed by atoms with Crippen LogP contribution in [0.5, 0.6) is 0 Å². The van der Waals surface area contributed by atoms with Crippen LogP contribution < -0.4 is 11.1 Å². The highest BCUT2D eigenvalue weighted by Crippen LogP contribution is 2.28. The number of rotatable bonds is 5. The first-order valence-electron chi connectivity index (χ1n) is 8.74. The molecule has 1 saturated heterocycles. The monoisotopic (exact) mass is 341 g/mol. The molecule has 0 aliphatic carbocycles. The predicted octanol–water partition coefficient (Wildman–Crippen LogP) is 2.10. The molecule has 6 nitrogen and oxygen atoms in total. The van der Waals surface area contributed by atoms with E-state index in [1.165, 1.54) is 5.56 Å². The summed E-state index contributed by atoms with van der Waals surface area (Å²) in [6.07, 6.45) is 1.04. The van der Waals surface area contributed by atoms with E-state index in [0.29, 0.717) is 18.9 Å². The number of carbonyl (C=O) groups excluding carboxylic acids is 1. The van der Waals surface area contributed by atoms with Gasteiger partial charge in [0.05, 0.1) is 17.9 Å². The maximum atomic E-state index is 12.5. The molecule has 1 aliphatic rings. The maximum Gasteiger partial charge on any atom is 0.239 e. The number of nitrogens with two attached hydrogens (primary N) is 1. The number of aryl methyl sites for hydroxylation is 2. The molecule has 0 saturated carbocycles. The molecule has 1 aromatic heterocycles. The summed E-state index contributed by atoms with van der Waals surface area (Å²) in [5, 5.41) is 7.51. The van der Waals surface area contributed by atoms with Gasteiger partial charge in [-0.1, -0.05) is 24.6 Å². The van der Waals surface area contributed by atoms with Gasteiger partial charge in [0, 0.05) is 12.6 Å². The minimum absolute atomic E-state index is 0.0190. The van der Waals surface area contributed by atoms with Gasteiger partial charge in [0.2, 0.25) is 5.91 Å². The second-order valence-electron chi connectivity index (χ2n) is 7.44. The number of benzene rings is 1. The highest BCUT2D eigenvalue weighted by atomic mass is 16.2. The molecule has 1 aliphatic heterocycles. The molecule has 0 bridgehead atoms. The van der Waals surface area contributed by atoms with Gasteiger partial charge in [-0.2, -0.15) is 5.10 Å². The quantitative estimate of drug-likeness (QED) is 0.873. The first kappa shape index (κ1) is 17.6. The Labute approximate surface area is 149 Å². The molecule has 3 rings (SSSR count). The van der Waals surface area contributed by atoms with E-state index in [1.807, 2.05) is 44.2 Å². The lowest BCUT2D eigenvalue weighted by atomic mass is 9.90. The van der Waals surface area contributed by atoms with Gasteiger partial charge in [0.1, 0.15) is 5.82 Å². The maximum absolute atomic E-state index is 12.5. The molecule has 1 aromatic carbocycles. The first-order valence-corrected chi connectivity index (χ1v) is 8.74. The Bertz CT molecular complexity index is 752. The van der Waals surface area contributed by atoms with Crippen LogP contribution in [0.1, 0.15) is 24.6 Å². The van der Waals surface area contributed by atoms with E-state index in [-0.39, 0.29) is 11.3 Å². The van der Waals surface area contributed by atoms with Gasteiger partial charge in [-0.3, -0.25) is 9.69 Å². The lowest BCUT2D eigenvalue weighted by molar-refractivity contribution is -0.117. The van der Waals surface area contributed by atoms with E-state index < -0.39 is 0 Å². The van der Waals surface area contributed by atoms with Crippen LogP contribution in [0, 0.1) is 19.3 Å². The average Bonchev–Trinajstić information content (AvgIpc) is 3.12. The van der Waals surface area contributed by atoms with Crippen LogP contribution in [0.15, 0.2) is 30.3 Å². The van der Waals surface area contributed by atoms with Crippen LogP contribution in [0.2, 0.25) is 0 Å². The lowest BCUT2D eigenvalue weighted by Gasteiger charge is -2.22. The number of hydrogen-bond donors (Lipinski definition) is 2. The fourth-order valence-electron chi connectivity index (χ4n) is 3.28. The third-order valence-corrected chi connectivity index (χ3v) is 4.87. The van der Waals surface area contributed by atoms with Gasteiger partial charge in [-0.15, -0.1) is 0 Å². The summed E-state index contributed by atoms with van der Waals surface area (Å²) in [6.45, 7) is 8.98. The minimum Gasteiger partial charge on any atom is -0.330 e. The van der Waals surface area contributed by atoms with Crippen LogP contribution in [0.25, 0.3) is 5.69 Å². The van der Waals surface area contributed by atoms with E-state index in [2.05, 4.69) is 22.2 Å². The van der Waals surface area contributed by atoms with Crippen LogP contribution >= 0.6 is 0 Å². The number of hydrogen-bond acceptors (Lipinski definition) is 4. The summed E-state index contributed by atoms with van der Waals surface area (Å²) in [5.74, 6) is 0.682. The molecule has 134 valence electrons. The summed E-state index contributed by atoms with van der Waals surface area (Å²) < 4.78 is 1.78. The van der Waals surface area contributed by atoms with Crippen molar-refractivity contribution in [3.8, 4) is 5.69 Å². The standard InChI is InChI=1S/C19H27N5O/c1-14-4-6-16(7-5-14)24-17(10-15(2)22-24)21-18(25)11-23-9-8-19(3,12-20)13-23/h4-7,10H,8-9,11-13,20H2,1-3H3,(H,21,25). The number of aromatic nitrogens is 2. The first-order chi connectivity index (χ1) is 11.9. The van der Waals surface area contributed by atoms with Gasteiger partial charge in [-0.25, -0.2) is 4.68 Å². The van der Waals surface area contributed by atoms with Crippen molar-refractivity contribution in [2.24, 2.45) is 11.1 Å². The highest BCUT2D eigenvalue weighted by molar-refractivity contribution is 5.91. The van der Waals surface area contributed by atoms with Crippen molar-refractivity contribution in [1.82, 2.24) is 14.7 Å². The van der Waals surface area contributed by atoms with Gasteiger partial charge < -0.3 is 11.1 Å². The van der Waals surface area contributed by atoms with E-state index in [9.17, 15) is 4.79 Å². The largest absolute Gasteiger partial charge is 0.330 e. The summed E-state index contributed by atoms with van der Waals surface area (Å²) in [7, 11) is 0. The van der Waals surface area contributed by atoms with E-state index in [1.54, 1.807) is 4.68 Å². The Morgan fingerprint density at radius 3 is 2.68 bits per heavy atom. The average molecular weight is 341 g/mol. The normalized spacial score (nSPS) is 20.8. The van der Waals surface area contributed by atoms with Crippen LogP contribution in [0.4, 0.5) is 5.82 Å². The lowest BCUT2D eigenvalue weighted by Crippen LogP contribution is -2.35. The molecule has 0 radical (unpaired) electrons. The van der Waals surface area contributed by atoms with Crippen molar-refractivity contribution in [3.05, 3.63) is 41.6 Å². The van der Waals surface area contributed by atoms with E-state index >= 15 is 0 Å². The molecule has 1 atom stereocenters. The van der Waals surface area contributed by atoms with Gasteiger partial charge >= 0.3 is 0 Å². The Kier molecular flexibility index (Phi) is 4.92. The second-order valence-corrected chi connectivity index (χ2v) is 7.44. The number of anilines is 1. The molecular weight excluding hydrogens is 314 g/mol. The summed E-state index contributed by atoms with van der Waals surface area (Å²) in [4.78, 5) is 14.7. The molecular formula is C19H27N5O. The highest BCUT2D eigenvalue weighted by Gasteiger charge is 2.33. The molecule has 25 heavy (non-hydrogen) atoms. The Balaban J connectivity index is 1.69. The molecule has 1 amide bonds. The van der Waals surface area contributed by atoms with Gasteiger partial charge in [0.25, 0.3) is 0 Å². The fraction of sp³-hybridized carbons (Fsp3) is 0.474. The third-order valence-electron chi connectivity index (χ3n) is 4.87. The van der Waals surface area contributed by atoms with Crippen LogP contribution in [-0.2, 0) is 4.79 Å². The SMILES string of the molecule is Cc1ccc(-n2nc(C)cc2NC(=O)CN2CCC(C)(CN)C2)cc1. The number of nitrogens with zero attached hydrogens (tertiary/aromatic N) is 3. The molecule has 6 heteroatoms. The van der Waals surface area contributed by atoms with Crippen molar-refractivity contribution in [1.29, 1.82) is 0 Å². The number of carbonyl (C=O) groups is 1. The van der Waals surface area contributed by atoms with Crippen LogP contribution in [0.3, 0.4) is 0 Å². The third kappa shape index (κ3) is 4.08. The molecule has 2 aromatic rings. The molecule has 1 unspecified atom stereocenters. The predicted molar refractivity (Wildman–Crippen MR) is 99.9 cm³/mol. The van der Waals surface area contributed by atoms with Crippen LogP contribution in [-0.4, -0.2) is 46.8 Å². The van der Waals surface area contributed by atoms with E-state index in [4.69, 9.17) is 5.73 Å². The zero-order valence-corrected chi connectivity index (χ0v) is 15.2. The van der Waals surface area contributed by atoms with Crippen molar-refractivity contribution in [3.63, 3.8) is 0 Å². The minimum atomic E-state index is -0.0190. The molecule has 3 N–H and O–H groups in total. The summed E-state index contributed by atoms with van der Waals surface area (Å²) in [6, 6.07) is 9.98. The summed E-state index contributed by atoms with van der Waals surface area (Å²) in [5.41, 5.74) is 8.96. The van der Waals surface area contributed by atoms with Gasteiger partial charge in [0.15, 0.2) is 0 Å². The summed E-state index contributed by atoms with van der Waals surface area (Å²) >= 11 is 0. The smallest absolute Gasteiger partial charge is 0.239 e. The zero-order valence-electron chi connectivity index (χ0n) is 15.2. The van der Waals surface area contributed by atoms with Crippen molar-refractivity contribution >= 4 is 11.7 Å². The Morgan fingerprint density at radius 2 is 2.04 bits per heavy atom. The number of likely N-dealkylation sites (tertiary alicyclic amines) is 1. The number of nitrogens with one attached hydrogen (secondary N) is 1. The second kappa shape index (κ2) is 6.98. The van der Waals surface area contributed by atoms with E-state index in [0.717, 1.165) is 30.9 Å². The van der Waals surface area contributed by atoms with Crippen molar-refractivity contribution in [2.75, 3.05) is 31.5 Å². The fourth-order valence-corrected chi connectivity index (χ4v) is 3.28. The number of amides is 1. The van der Waals surface area contributed by atoms with Crippen molar-refractivity contribution < 1.29 is 4.79 Å². The Morgan fingerprint density at radius 1 is 1.32 bits per heavy atom. The van der Waals surface area contributed by atoms with Gasteiger partial charge in [-0.05, 0) is 50.9 Å². The Hall–Kier alpha value is -2.18. The molecule has 2 heterocycles. The van der Waals surface area contributed by atoms with Crippen molar-refractivity contribution in [2.45, 2.75) is 27.2 Å². The topological polar surface area (TPSA) is 76.2 Å².